The molecule has 25 heavy (non-hydrogen) atoms. The molecule has 0 bridgehead atoms. The highest BCUT2D eigenvalue weighted by molar-refractivity contribution is 5.60. The van der Waals surface area contributed by atoms with E-state index in [9.17, 15) is 4.79 Å². The highest BCUT2D eigenvalue weighted by Gasteiger charge is 2.12. The van der Waals surface area contributed by atoms with Crippen molar-refractivity contribution in [2.75, 3.05) is 6.61 Å². The maximum atomic E-state index is 11.6. The first-order chi connectivity index (χ1) is 12.3. The molecule has 0 fully saturated rings. The summed E-state index contributed by atoms with van der Waals surface area (Å²) in [4.78, 5) is 11.6. The van der Waals surface area contributed by atoms with Gasteiger partial charge < -0.3 is 9.47 Å². The molecular weight excluding hydrogens is 312 g/mol. The molecule has 0 aliphatic carbocycles. The van der Waals surface area contributed by atoms with Crippen molar-refractivity contribution in [1.82, 2.24) is 0 Å². The van der Waals surface area contributed by atoms with E-state index >= 15 is 0 Å². The summed E-state index contributed by atoms with van der Waals surface area (Å²) in [6.07, 6.45) is 6.67. The van der Waals surface area contributed by atoms with Crippen molar-refractivity contribution in [1.29, 1.82) is 0 Å². The minimum Gasteiger partial charge on any atom is -0.435 e. The Hall–Kier alpha value is -2.55. The minimum atomic E-state index is -0.603. The molecule has 2 aromatic carbocycles. The smallest absolute Gasteiger partial charge is 0.435 e. The van der Waals surface area contributed by atoms with Crippen LogP contribution in [0.5, 0.6) is 0 Å². The fourth-order valence-corrected chi connectivity index (χ4v) is 2.57. The second-order valence-electron chi connectivity index (χ2n) is 5.82. The molecule has 1 unspecified atom stereocenters. The quantitative estimate of drug-likeness (QED) is 0.457. The van der Waals surface area contributed by atoms with Gasteiger partial charge >= 0.3 is 6.16 Å². The minimum absolute atomic E-state index is 0.268. The van der Waals surface area contributed by atoms with Crippen LogP contribution in [-0.4, -0.2) is 18.9 Å². The van der Waals surface area contributed by atoms with Crippen molar-refractivity contribution in [2.24, 2.45) is 0 Å². The normalized spacial score (nSPS) is 12.0. The molecule has 3 heteroatoms. The molecule has 0 amide bonds. The summed E-state index contributed by atoms with van der Waals surface area (Å²) in [6.45, 7) is 2.10. The summed E-state index contributed by atoms with van der Waals surface area (Å²) in [5, 5.41) is 0. The van der Waals surface area contributed by atoms with Crippen LogP contribution >= 0.6 is 0 Å². The van der Waals surface area contributed by atoms with Crippen LogP contribution in [0.25, 0.3) is 0 Å². The number of ether oxygens (including phenoxy) is 2. The molecule has 3 nitrogen and oxygen atoms in total. The molecule has 2 rings (SSSR count). The van der Waals surface area contributed by atoms with Gasteiger partial charge in [0.1, 0.15) is 6.10 Å². The summed E-state index contributed by atoms with van der Waals surface area (Å²) < 4.78 is 10.3. The summed E-state index contributed by atoms with van der Waals surface area (Å²) in [5.74, 6) is 0. The van der Waals surface area contributed by atoms with Gasteiger partial charge in [-0.2, -0.15) is 0 Å². The molecule has 0 spiro atoms. The molecule has 0 N–H and O–H groups in total. The van der Waals surface area contributed by atoms with E-state index in [0.717, 1.165) is 25.7 Å². The maximum Gasteiger partial charge on any atom is 0.508 e. The van der Waals surface area contributed by atoms with Crippen LogP contribution in [-0.2, 0) is 22.3 Å². The molecule has 0 aliphatic rings. The molecule has 0 aliphatic heterocycles. The van der Waals surface area contributed by atoms with Crippen LogP contribution in [0.2, 0.25) is 0 Å². The Kier molecular flexibility index (Phi) is 8.33. The van der Waals surface area contributed by atoms with E-state index in [1.807, 2.05) is 42.5 Å². The van der Waals surface area contributed by atoms with Gasteiger partial charge in [-0.15, -0.1) is 0 Å². The van der Waals surface area contributed by atoms with E-state index in [1.165, 1.54) is 11.1 Å². The molecule has 0 radical (unpaired) electrons. The van der Waals surface area contributed by atoms with Gasteiger partial charge in [0, 0.05) is 0 Å². The Morgan fingerprint density at radius 1 is 0.960 bits per heavy atom. The van der Waals surface area contributed by atoms with Crippen molar-refractivity contribution < 1.29 is 14.3 Å². The number of hydrogen-bond donors (Lipinski definition) is 0. The topological polar surface area (TPSA) is 35.5 Å². The zero-order valence-corrected chi connectivity index (χ0v) is 14.8. The number of benzene rings is 2. The Morgan fingerprint density at radius 3 is 2.16 bits per heavy atom. The van der Waals surface area contributed by atoms with E-state index in [1.54, 1.807) is 6.92 Å². The van der Waals surface area contributed by atoms with Gasteiger partial charge in [-0.05, 0) is 49.8 Å². The van der Waals surface area contributed by atoms with Crippen molar-refractivity contribution in [3.8, 4) is 0 Å². The molecule has 0 aromatic heterocycles. The fraction of sp³-hybridized carbons (Fsp3) is 0.318. The average Bonchev–Trinajstić information content (AvgIpc) is 2.65. The average molecular weight is 338 g/mol. The van der Waals surface area contributed by atoms with Gasteiger partial charge in [0.25, 0.3) is 0 Å². The zero-order chi connectivity index (χ0) is 17.7. The number of hydrogen-bond acceptors (Lipinski definition) is 3. The standard InChI is InChI=1S/C22H26O3/c1-2-24-22(23)25-21(18-17-20-13-7-4-8-14-20)16-10-9-15-19-11-5-3-6-12-19/h3-8,10-14,16,21H,2,9,15,17-18H2,1H3/b16-10+. The lowest BCUT2D eigenvalue weighted by molar-refractivity contribution is 0.0383. The van der Waals surface area contributed by atoms with Crippen LogP contribution in [0.15, 0.2) is 72.8 Å². The molecule has 132 valence electrons. The first-order valence-electron chi connectivity index (χ1n) is 8.86. The van der Waals surface area contributed by atoms with Gasteiger partial charge in [-0.1, -0.05) is 66.7 Å². The molecule has 1 atom stereocenters. The maximum absolute atomic E-state index is 11.6. The van der Waals surface area contributed by atoms with Crippen molar-refractivity contribution >= 4 is 6.16 Å². The van der Waals surface area contributed by atoms with Gasteiger partial charge in [0.2, 0.25) is 0 Å². The number of carbonyl (C=O) groups is 1. The Morgan fingerprint density at radius 2 is 1.56 bits per heavy atom. The van der Waals surface area contributed by atoms with E-state index in [4.69, 9.17) is 9.47 Å². The lowest BCUT2D eigenvalue weighted by Crippen LogP contribution is -2.18. The SMILES string of the molecule is CCOC(=O)OC(/C=C/CCc1ccccc1)CCc1ccccc1. The largest absolute Gasteiger partial charge is 0.508 e. The first kappa shape index (κ1) is 18.8. The lowest BCUT2D eigenvalue weighted by Gasteiger charge is -2.14. The third-order valence-corrected chi connectivity index (χ3v) is 3.86. The molecular formula is C22H26O3. The Bertz CT molecular complexity index is 635. The summed E-state index contributed by atoms with van der Waals surface area (Å²) >= 11 is 0. The predicted molar refractivity (Wildman–Crippen MR) is 101 cm³/mol. The third kappa shape index (κ3) is 7.71. The number of allylic oxidation sites excluding steroid dienone is 1. The first-order valence-corrected chi connectivity index (χ1v) is 8.86. The highest BCUT2D eigenvalue weighted by atomic mass is 16.7. The second-order valence-corrected chi connectivity index (χ2v) is 5.82. The van der Waals surface area contributed by atoms with E-state index < -0.39 is 6.16 Å². The molecule has 2 aromatic rings. The third-order valence-electron chi connectivity index (χ3n) is 3.86. The van der Waals surface area contributed by atoms with Gasteiger partial charge in [-0.25, -0.2) is 4.79 Å². The van der Waals surface area contributed by atoms with Crippen LogP contribution in [0.1, 0.15) is 30.9 Å². The van der Waals surface area contributed by atoms with Gasteiger partial charge in [0.15, 0.2) is 0 Å². The zero-order valence-electron chi connectivity index (χ0n) is 14.8. The van der Waals surface area contributed by atoms with E-state index in [0.29, 0.717) is 6.61 Å². The number of rotatable bonds is 9. The number of aryl methyl sites for hydroxylation is 2. The van der Waals surface area contributed by atoms with Crippen molar-refractivity contribution in [3.05, 3.63) is 83.9 Å². The van der Waals surface area contributed by atoms with Gasteiger partial charge in [0.05, 0.1) is 6.61 Å². The predicted octanol–water partition coefficient (Wildman–Crippen LogP) is 5.35. The van der Waals surface area contributed by atoms with Crippen LogP contribution in [0.3, 0.4) is 0 Å². The fourth-order valence-electron chi connectivity index (χ4n) is 2.57. The highest BCUT2D eigenvalue weighted by Crippen LogP contribution is 2.11. The van der Waals surface area contributed by atoms with Crippen LogP contribution < -0.4 is 0 Å². The molecule has 0 saturated heterocycles. The summed E-state index contributed by atoms with van der Waals surface area (Å²) in [6, 6.07) is 20.6. The summed E-state index contributed by atoms with van der Waals surface area (Å²) in [5.41, 5.74) is 2.54. The second kappa shape index (κ2) is 11.1. The monoisotopic (exact) mass is 338 g/mol. The van der Waals surface area contributed by atoms with E-state index in [-0.39, 0.29) is 6.10 Å². The molecule has 0 saturated carbocycles. The lowest BCUT2D eigenvalue weighted by atomic mass is 10.1. The van der Waals surface area contributed by atoms with E-state index in [2.05, 4.69) is 30.3 Å². The van der Waals surface area contributed by atoms with Gasteiger partial charge in [-0.3, -0.25) is 0 Å². The van der Waals surface area contributed by atoms with Crippen LogP contribution in [0.4, 0.5) is 4.79 Å². The van der Waals surface area contributed by atoms with Crippen molar-refractivity contribution in [2.45, 2.75) is 38.7 Å². The molecule has 0 heterocycles. The number of carbonyl (C=O) groups excluding carboxylic acids is 1. The van der Waals surface area contributed by atoms with Crippen molar-refractivity contribution in [3.63, 3.8) is 0 Å². The Labute approximate surface area is 150 Å². The van der Waals surface area contributed by atoms with Crippen LogP contribution in [0, 0.1) is 0 Å². The summed E-state index contributed by atoms with van der Waals surface area (Å²) in [7, 11) is 0. The Balaban J connectivity index is 1.86.